The normalized spacial score (nSPS) is 16.2. The van der Waals surface area contributed by atoms with Gasteiger partial charge in [-0.15, -0.1) is 0 Å². The summed E-state index contributed by atoms with van der Waals surface area (Å²) >= 11 is 17.8. The molecule has 0 unspecified atom stereocenters. The number of carbonyl (C=O) groups is 3. The lowest BCUT2D eigenvalue weighted by molar-refractivity contribution is -0.132. The van der Waals surface area contributed by atoms with Crippen molar-refractivity contribution >= 4 is 58.3 Å². The van der Waals surface area contributed by atoms with Gasteiger partial charge in [0.2, 0.25) is 11.8 Å². The Morgan fingerprint density at radius 1 is 1.04 bits per heavy atom. The molecule has 2 aromatic carbocycles. The molecular formula is C19H16Cl3N3O3. The molecule has 146 valence electrons. The summed E-state index contributed by atoms with van der Waals surface area (Å²) in [5.74, 6) is -0.834. The molecule has 1 fully saturated rings. The van der Waals surface area contributed by atoms with Gasteiger partial charge >= 0.3 is 6.03 Å². The first kappa shape index (κ1) is 20.5. The topological polar surface area (TPSA) is 78.5 Å². The van der Waals surface area contributed by atoms with Crippen LogP contribution in [0.2, 0.25) is 15.1 Å². The van der Waals surface area contributed by atoms with Crippen molar-refractivity contribution in [2.45, 2.75) is 25.4 Å². The predicted octanol–water partition coefficient (Wildman–Crippen LogP) is 4.49. The molecule has 0 bridgehead atoms. The van der Waals surface area contributed by atoms with Crippen molar-refractivity contribution in [3.63, 3.8) is 0 Å². The first-order valence-electron chi connectivity index (χ1n) is 8.45. The number of nitrogens with one attached hydrogen (secondary N) is 2. The molecule has 3 rings (SSSR count). The van der Waals surface area contributed by atoms with Crippen molar-refractivity contribution in [1.29, 1.82) is 0 Å². The summed E-state index contributed by atoms with van der Waals surface area (Å²) in [6.45, 7) is 0.159. The lowest BCUT2D eigenvalue weighted by Gasteiger charge is -2.22. The molecule has 1 atom stereocenters. The quantitative estimate of drug-likeness (QED) is 0.735. The molecule has 2 N–H and O–H groups in total. The zero-order chi connectivity index (χ0) is 20.3. The Hall–Kier alpha value is -2.28. The number of rotatable bonds is 4. The van der Waals surface area contributed by atoms with Gasteiger partial charge in [0.05, 0.1) is 0 Å². The fourth-order valence-corrected chi connectivity index (χ4v) is 3.47. The fourth-order valence-electron chi connectivity index (χ4n) is 2.87. The highest BCUT2D eigenvalue weighted by molar-refractivity contribution is 6.35. The number of likely N-dealkylation sites (tertiary alicyclic amines) is 1. The molecule has 0 aromatic heterocycles. The van der Waals surface area contributed by atoms with Gasteiger partial charge in [0.15, 0.2) is 0 Å². The molecular weight excluding hydrogens is 425 g/mol. The maximum absolute atomic E-state index is 12.6. The molecule has 1 aliphatic heterocycles. The monoisotopic (exact) mass is 439 g/mol. The predicted molar refractivity (Wildman–Crippen MR) is 109 cm³/mol. The van der Waals surface area contributed by atoms with Crippen LogP contribution in [-0.4, -0.2) is 28.8 Å². The molecule has 28 heavy (non-hydrogen) atoms. The highest BCUT2D eigenvalue weighted by atomic mass is 35.5. The Balaban J connectivity index is 1.65. The number of anilines is 1. The van der Waals surface area contributed by atoms with E-state index in [4.69, 9.17) is 34.8 Å². The van der Waals surface area contributed by atoms with Crippen LogP contribution in [0.1, 0.15) is 18.4 Å². The molecule has 0 saturated carbocycles. The van der Waals surface area contributed by atoms with Crippen LogP contribution in [0.25, 0.3) is 0 Å². The Bertz CT molecular complexity index is 918. The third-order valence-corrected chi connectivity index (χ3v) is 5.14. The van der Waals surface area contributed by atoms with Crippen molar-refractivity contribution in [2.75, 3.05) is 5.32 Å². The smallest absolute Gasteiger partial charge is 0.329 e. The maximum Gasteiger partial charge on any atom is 0.329 e. The van der Waals surface area contributed by atoms with E-state index >= 15 is 0 Å². The first-order valence-corrected chi connectivity index (χ1v) is 9.59. The van der Waals surface area contributed by atoms with Crippen molar-refractivity contribution in [3.05, 3.63) is 63.1 Å². The molecule has 1 aliphatic rings. The van der Waals surface area contributed by atoms with Crippen LogP contribution in [0.5, 0.6) is 0 Å². The van der Waals surface area contributed by atoms with E-state index in [1.807, 2.05) is 0 Å². The minimum Gasteiger partial charge on any atom is -0.350 e. The van der Waals surface area contributed by atoms with Gasteiger partial charge in [0.1, 0.15) is 6.04 Å². The van der Waals surface area contributed by atoms with Gasteiger partial charge in [-0.25, -0.2) is 4.79 Å². The molecule has 6 nitrogen and oxygen atoms in total. The lowest BCUT2D eigenvalue weighted by atomic mass is 10.2. The van der Waals surface area contributed by atoms with Crippen molar-refractivity contribution < 1.29 is 14.4 Å². The number of benzene rings is 2. The van der Waals surface area contributed by atoms with Gasteiger partial charge in [0, 0.05) is 33.7 Å². The Morgan fingerprint density at radius 3 is 2.39 bits per heavy atom. The zero-order valence-electron chi connectivity index (χ0n) is 14.5. The largest absolute Gasteiger partial charge is 0.350 e. The maximum atomic E-state index is 12.6. The number of amides is 4. The SMILES string of the molecule is O=C(NCc1ccc(Cl)cc1Cl)[C@@H]1CCC(=O)N1C(=O)Nc1ccc(Cl)cc1. The standard InChI is InChI=1S/C19H16Cl3N3O3/c20-12-3-5-14(6-4-12)24-19(28)25-16(7-8-17(25)26)18(27)23-10-11-1-2-13(21)9-15(11)22/h1-6,9,16H,7-8,10H2,(H,23,27)(H,24,28)/t16-/m0/s1. The lowest BCUT2D eigenvalue weighted by Crippen LogP contribution is -2.49. The summed E-state index contributed by atoms with van der Waals surface area (Å²) in [6, 6.07) is 9.86. The summed E-state index contributed by atoms with van der Waals surface area (Å²) in [6.07, 6.45) is 0.376. The van der Waals surface area contributed by atoms with Gasteiger partial charge in [-0.1, -0.05) is 40.9 Å². The van der Waals surface area contributed by atoms with E-state index in [0.717, 1.165) is 4.90 Å². The van der Waals surface area contributed by atoms with E-state index in [0.29, 0.717) is 26.3 Å². The number of hydrogen-bond acceptors (Lipinski definition) is 3. The molecule has 1 heterocycles. The van der Waals surface area contributed by atoms with Crippen LogP contribution in [-0.2, 0) is 16.1 Å². The van der Waals surface area contributed by atoms with E-state index in [-0.39, 0.29) is 19.4 Å². The minimum absolute atomic E-state index is 0.119. The van der Waals surface area contributed by atoms with Crippen LogP contribution in [0.3, 0.4) is 0 Å². The van der Waals surface area contributed by atoms with E-state index in [2.05, 4.69) is 10.6 Å². The average Bonchev–Trinajstić information content (AvgIpc) is 3.04. The summed E-state index contributed by atoms with van der Waals surface area (Å²) in [5, 5.41) is 6.76. The highest BCUT2D eigenvalue weighted by Gasteiger charge is 2.40. The average molecular weight is 441 g/mol. The number of carbonyl (C=O) groups excluding carboxylic acids is 3. The second kappa shape index (κ2) is 8.82. The van der Waals surface area contributed by atoms with Crippen LogP contribution in [0, 0.1) is 0 Å². The molecule has 2 aromatic rings. The summed E-state index contributed by atoms with van der Waals surface area (Å²) in [5.41, 5.74) is 1.15. The van der Waals surface area contributed by atoms with Gasteiger partial charge in [-0.3, -0.25) is 14.5 Å². The van der Waals surface area contributed by atoms with E-state index < -0.39 is 23.9 Å². The van der Waals surface area contributed by atoms with Crippen LogP contribution < -0.4 is 10.6 Å². The Kier molecular flexibility index (Phi) is 6.44. The van der Waals surface area contributed by atoms with Crippen molar-refractivity contribution in [3.8, 4) is 0 Å². The van der Waals surface area contributed by atoms with E-state index in [1.165, 1.54) is 0 Å². The third-order valence-electron chi connectivity index (χ3n) is 4.30. The van der Waals surface area contributed by atoms with Gasteiger partial charge in [-0.2, -0.15) is 0 Å². The summed E-state index contributed by atoms with van der Waals surface area (Å²) < 4.78 is 0. The number of nitrogens with zero attached hydrogens (tertiary/aromatic N) is 1. The minimum atomic E-state index is -0.883. The highest BCUT2D eigenvalue weighted by Crippen LogP contribution is 2.23. The second-order valence-electron chi connectivity index (χ2n) is 6.21. The summed E-state index contributed by atoms with van der Waals surface area (Å²) in [7, 11) is 0. The zero-order valence-corrected chi connectivity index (χ0v) is 16.8. The van der Waals surface area contributed by atoms with Gasteiger partial charge in [0.25, 0.3) is 0 Å². The second-order valence-corrected chi connectivity index (χ2v) is 7.49. The van der Waals surface area contributed by atoms with Crippen LogP contribution >= 0.6 is 34.8 Å². The summed E-state index contributed by atoms with van der Waals surface area (Å²) in [4.78, 5) is 38.2. The van der Waals surface area contributed by atoms with E-state index in [1.54, 1.807) is 42.5 Å². The van der Waals surface area contributed by atoms with Gasteiger partial charge < -0.3 is 10.6 Å². The first-order chi connectivity index (χ1) is 13.3. The van der Waals surface area contributed by atoms with Crippen molar-refractivity contribution in [2.24, 2.45) is 0 Å². The molecule has 0 aliphatic carbocycles. The van der Waals surface area contributed by atoms with Crippen LogP contribution in [0.15, 0.2) is 42.5 Å². The fraction of sp³-hybridized carbons (Fsp3) is 0.211. The molecule has 0 spiro atoms. The van der Waals surface area contributed by atoms with Gasteiger partial charge in [-0.05, 0) is 48.4 Å². The number of halogens is 3. The molecule has 4 amide bonds. The number of imide groups is 1. The van der Waals surface area contributed by atoms with Crippen molar-refractivity contribution in [1.82, 2.24) is 10.2 Å². The number of urea groups is 1. The molecule has 0 radical (unpaired) electrons. The Morgan fingerprint density at radius 2 is 1.71 bits per heavy atom. The third kappa shape index (κ3) is 4.76. The number of hydrogen-bond donors (Lipinski definition) is 2. The van der Waals surface area contributed by atoms with Crippen LogP contribution in [0.4, 0.5) is 10.5 Å². The Labute approximate surface area is 176 Å². The molecule has 9 heteroatoms. The van der Waals surface area contributed by atoms with E-state index in [9.17, 15) is 14.4 Å². The molecule has 1 saturated heterocycles.